The maximum atomic E-state index is 5.41. The number of pyridine rings is 2. The van der Waals surface area contributed by atoms with Crippen LogP contribution < -0.4 is 0 Å². The summed E-state index contributed by atoms with van der Waals surface area (Å²) in [5.74, 6) is 0.904. The Bertz CT molecular complexity index is 3290. The van der Waals surface area contributed by atoms with Gasteiger partial charge >= 0.3 is 0 Å². The lowest BCUT2D eigenvalue weighted by atomic mass is 10.00. The second-order valence-corrected chi connectivity index (χ2v) is 13.8. The molecular weight excluding hydrogens is 633 g/mol. The van der Waals surface area contributed by atoms with Gasteiger partial charge in [0.2, 0.25) is 0 Å². The molecule has 12 rings (SSSR count). The molecule has 52 heavy (non-hydrogen) atoms. The molecule has 4 nitrogen and oxygen atoms in total. The Labute approximate surface area is 298 Å². The lowest BCUT2D eigenvalue weighted by Gasteiger charge is -2.10. The van der Waals surface area contributed by atoms with Gasteiger partial charge in [-0.2, -0.15) is 0 Å². The van der Waals surface area contributed by atoms with E-state index in [1.165, 1.54) is 70.9 Å². The molecule has 0 N–H and O–H groups in total. The van der Waals surface area contributed by atoms with Gasteiger partial charge in [0, 0.05) is 49.9 Å². The highest BCUT2D eigenvalue weighted by molar-refractivity contribution is 6.16. The van der Waals surface area contributed by atoms with Gasteiger partial charge in [-0.25, -0.2) is 4.98 Å². The Kier molecular flexibility index (Phi) is 5.47. The fourth-order valence-electron chi connectivity index (χ4n) is 8.74. The first-order valence-electron chi connectivity index (χ1n) is 17.7. The summed E-state index contributed by atoms with van der Waals surface area (Å²) in [6, 6.07) is 59.4. The Morgan fingerprint density at radius 3 is 1.90 bits per heavy atom. The molecule has 4 heterocycles. The van der Waals surface area contributed by atoms with Crippen LogP contribution in [0, 0.1) is 0 Å². The van der Waals surface area contributed by atoms with Crippen molar-refractivity contribution in [2.45, 2.75) is 0 Å². The van der Waals surface area contributed by atoms with Gasteiger partial charge in [-0.05, 0) is 100 Å². The number of hydrogen-bond donors (Lipinski definition) is 0. The zero-order valence-electron chi connectivity index (χ0n) is 28.0. The molecule has 7 aromatic carbocycles. The van der Waals surface area contributed by atoms with Crippen LogP contribution in [0.3, 0.4) is 0 Å². The van der Waals surface area contributed by atoms with E-state index in [2.05, 4.69) is 173 Å². The van der Waals surface area contributed by atoms with Crippen LogP contribution in [0.2, 0.25) is 0 Å². The van der Waals surface area contributed by atoms with Crippen molar-refractivity contribution >= 4 is 65.2 Å². The highest BCUT2D eigenvalue weighted by atomic mass is 15.1. The van der Waals surface area contributed by atoms with E-state index in [1.807, 2.05) is 6.20 Å². The zero-order chi connectivity index (χ0) is 33.9. The zero-order valence-corrected chi connectivity index (χ0v) is 28.0. The summed E-state index contributed by atoms with van der Waals surface area (Å²) < 4.78 is 4.71. The highest BCUT2D eigenvalue weighted by Gasteiger charge is 2.25. The first kappa shape index (κ1) is 27.7. The van der Waals surface area contributed by atoms with E-state index >= 15 is 0 Å². The predicted molar refractivity (Wildman–Crippen MR) is 216 cm³/mol. The van der Waals surface area contributed by atoms with Crippen LogP contribution in [-0.2, 0) is 0 Å². The third kappa shape index (κ3) is 3.75. The maximum absolute atomic E-state index is 5.41. The molecule has 1 aliphatic carbocycles. The molecule has 11 aromatic rings. The number of para-hydroxylation sites is 2. The maximum Gasteiger partial charge on any atom is 0.138 e. The van der Waals surface area contributed by atoms with Gasteiger partial charge in [-0.15, -0.1) is 0 Å². The van der Waals surface area contributed by atoms with Crippen LogP contribution in [0.1, 0.15) is 0 Å². The van der Waals surface area contributed by atoms with E-state index in [0.29, 0.717) is 0 Å². The van der Waals surface area contributed by atoms with Gasteiger partial charge in [0.25, 0.3) is 0 Å². The van der Waals surface area contributed by atoms with Crippen molar-refractivity contribution in [3.05, 3.63) is 170 Å². The van der Waals surface area contributed by atoms with Gasteiger partial charge in [0.05, 0.1) is 33.5 Å². The third-order valence-corrected chi connectivity index (χ3v) is 11.1. The number of hydrogen-bond acceptors (Lipinski definition) is 2. The lowest BCUT2D eigenvalue weighted by Crippen LogP contribution is -1.99. The third-order valence-electron chi connectivity index (χ3n) is 11.1. The molecule has 240 valence electrons. The minimum Gasteiger partial charge on any atom is -0.309 e. The Morgan fingerprint density at radius 1 is 0.385 bits per heavy atom. The second-order valence-electron chi connectivity index (χ2n) is 13.8. The smallest absolute Gasteiger partial charge is 0.138 e. The number of benzene rings is 7. The van der Waals surface area contributed by atoms with Crippen LogP contribution in [0.5, 0.6) is 0 Å². The SMILES string of the molecule is c1ccc(-n2c3ccccc3c3cc(-c4ccc5c(c4)c4cc6ccccc6cc4n5-c4ccc5c(n4)-c4cccc6ccnc-5c46)ccc32)cc1. The van der Waals surface area contributed by atoms with Gasteiger partial charge in [-0.1, -0.05) is 91.0 Å². The van der Waals surface area contributed by atoms with Crippen molar-refractivity contribution in [1.29, 1.82) is 0 Å². The Hall–Kier alpha value is -7.04. The molecule has 4 heteroatoms. The van der Waals surface area contributed by atoms with E-state index in [-0.39, 0.29) is 0 Å². The van der Waals surface area contributed by atoms with Crippen molar-refractivity contribution in [2.24, 2.45) is 0 Å². The van der Waals surface area contributed by atoms with Crippen molar-refractivity contribution in [1.82, 2.24) is 19.1 Å². The molecule has 0 spiro atoms. The van der Waals surface area contributed by atoms with Crippen LogP contribution in [0.15, 0.2) is 170 Å². The highest BCUT2D eigenvalue weighted by Crippen LogP contribution is 2.46. The van der Waals surface area contributed by atoms with Gasteiger partial charge in [0.1, 0.15) is 5.82 Å². The van der Waals surface area contributed by atoms with Crippen LogP contribution >= 0.6 is 0 Å². The Balaban J connectivity index is 1.09. The fraction of sp³-hybridized carbons (Fsp3) is 0. The van der Waals surface area contributed by atoms with Crippen LogP contribution in [0.25, 0.3) is 110 Å². The molecule has 0 saturated carbocycles. The summed E-state index contributed by atoms with van der Waals surface area (Å²) in [6.45, 7) is 0. The number of rotatable bonds is 3. The van der Waals surface area contributed by atoms with Crippen molar-refractivity contribution in [3.8, 4) is 45.1 Å². The standard InChI is InChI=1S/C48H28N4/c1-2-12-34(13-3-1)51-41-16-7-6-14-35(41)38-26-32(17-20-42(38)51)33-18-21-43-39(27-33)40-25-30-9-4-5-10-31(30)28-44(40)52(43)45-22-19-37-47(50-45)36-15-8-11-29-23-24-49-48(37)46(29)36/h1-28H. The average molecular weight is 661 g/mol. The first-order valence-corrected chi connectivity index (χ1v) is 17.7. The van der Waals surface area contributed by atoms with Crippen molar-refractivity contribution in [2.75, 3.05) is 0 Å². The topological polar surface area (TPSA) is 35.6 Å². The number of nitrogens with zero attached hydrogens (tertiary/aromatic N) is 4. The fourth-order valence-corrected chi connectivity index (χ4v) is 8.74. The molecule has 0 atom stereocenters. The van der Waals surface area contributed by atoms with Crippen molar-refractivity contribution < 1.29 is 0 Å². The molecule has 0 saturated heterocycles. The summed E-state index contributed by atoms with van der Waals surface area (Å²) in [4.78, 5) is 10.2. The summed E-state index contributed by atoms with van der Waals surface area (Å²) >= 11 is 0. The number of aromatic nitrogens is 4. The normalized spacial score (nSPS) is 12.2. The molecule has 0 radical (unpaired) electrons. The van der Waals surface area contributed by atoms with E-state index in [1.54, 1.807) is 0 Å². The summed E-state index contributed by atoms with van der Waals surface area (Å²) in [6.07, 6.45) is 1.90. The molecule has 0 fully saturated rings. The molecule has 1 aliphatic rings. The van der Waals surface area contributed by atoms with Crippen molar-refractivity contribution in [3.63, 3.8) is 0 Å². The largest absolute Gasteiger partial charge is 0.309 e. The van der Waals surface area contributed by atoms with Crippen LogP contribution in [-0.4, -0.2) is 19.1 Å². The van der Waals surface area contributed by atoms with Gasteiger partial charge in [-0.3, -0.25) is 9.55 Å². The summed E-state index contributed by atoms with van der Waals surface area (Å²) in [7, 11) is 0. The molecular formula is C48H28N4. The summed E-state index contributed by atoms with van der Waals surface area (Å²) in [5.41, 5.74) is 12.5. The molecule has 0 bridgehead atoms. The van der Waals surface area contributed by atoms with Gasteiger partial charge in [0.15, 0.2) is 0 Å². The van der Waals surface area contributed by atoms with E-state index in [9.17, 15) is 0 Å². The van der Waals surface area contributed by atoms with E-state index in [4.69, 9.17) is 9.97 Å². The minimum atomic E-state index is 0.904. The average Bonchev–Trinajstić information content (AvgIpc) is 3.83. The first-order chi connectivity index (χ1) is 25.8. The van der Waals surface area contributed by atoms with E-state index < -0.39 is 0 Å². The molecule has 0 aliphatic heterocycles. The molecule has 4 aromatic heterocycles. The van der Waals surface area contributed by atoms with Crippen LogP contribution in [0.4, 0.5) is 0 Å². The summed E-state index contributed by atoms with van der Waals surface area (Å²) in [5, 5.41) is 9.74. The molecule has 0 unspecified atom stereocenters. The quantitative estimate of drug-likeness (QED) is 0.189. The van der Waals surface area contributed by atoms with Gasteiger partial charge < -0.3 is 4.57 Å². The second kappa shape index (κ2) is 10.3. The number of fused-ring (bicyclic) bond motifs is 10. The van der Waals surface area contributed by atoms with E-state index in [0.717, 1.165) is 39.4 Å². The predicted octanol–water partition coefficient (Wildman–Crippen LogP) is 12.3. The molecule has 0 amide bonds. The monoisotopic (exact) mass is 660 g/mol. The lowest BCUT2D eigenvalue weighted by molar-refractivity contribution is 1.09. The Morgan fingerprint density at radius 2 is 1.06 bits per heavy atom. The minimum absolute atomic E-state index is 0.904.